The van der Waals surface area contributed by atoms with E-state index in [1.165, 1.54) is 11.1 Å². The van der Waals surface area contributed by atoms with E-state index in [0.717, 1.165) is 29.5 Å². The predicted molar refractivity (Wildman–Crippen MR) is 130 cm³/mol. The summed E-state index contributed by atoms with van der Waals surface area (Å²) in [5.41, 5.74) is 2.00. The van der Waals surface area contributed by atoms with Gasteiger partial charge < -0.3 is 10.6 Å². The Morgan fingerprint density at radius 3 is 2.66 bits per heavy atom. The summed E-state index contributed by atoms with van der Waals surface area (Å²) in [6.45, 7) is 9.27. The van der Waals surface area contributed by atoms with Crippen LogP contribution in [0.4, 0.5) is 5.69 Å². The number of aryl methyl sites for hydroxylation is 1. The van der Waals surface area contributed by atoms with Gasteiger partial charge in [-0.05, 0) is 64.4 Å². The van der Waals surface area contributed by atoms with Gasteiger partial charge in [0, 0.05) is 12.5 Å². The van der Waals surface area contributed by atoms with Gasteiger partial charge in [0.1, 0.15) is 4.47 Å². The molecule has 3 fully saturated rings. The van der Waals surface area contributed by atoms with Gasteiger partial charge in [-0.25, -0.2) is 4.68 Å². The number of halogens is 1. The van der Waals surface area contributed by atoms with Crippen LogP contribution in [-0.2, 0) is 11.3 Å². The Morgan fingerprint density at radius 2 is 2.00 bits per heavy atom. The molecular weight excluding hydrogens is 468 g/mol. The third-order valence-electron chi connectivity index (χ3n) is 7.91. The van der Waals surface area contributed by atoms with E-state index in [-0.39, 0.29) is 30.5 Å². The van der Waals surface area contributed by atoms with Crippen molar-refractivity contribution in [1.29, 1.82) is 0 Å². The molecule has 5 rings (SSSR count). The van der Waals surface area contributed by atoms with Crippen molar-refractivity contribution in [3.05, 3.63) is 56.9 Å². The first kappa shape index (κ1) is 23.0. The van der Waals surface area contributed by atoms with Crippen molar-refractivity contribution in [3.63, 3.8) is 0 Å². The van der Waals surface area contributed by atoms with E-state index < -0.39 is 0 Å². The predicted octanol–water partition coefficient (Wildman–Crippen LogP) is 4.76. The minimum atomic E-state index is -0.215. The highest BCUT2D eigenvalue weighted by Gasteiger charge is 2.56. The minimum Gasteiger partial charge on any atom is -0.380 e. The maximum atomic E-state index is 12.8. The van der Waals surface area contributed by atoms with Gasteiger partial charge in [0.25, 0.3) is 5.56 Å². The van der Waals surface area contributed by atoms with E-state index in [0.29, 0.717) is 21.8 Å². The zero-order chi connectivity index (χ0) is 23.0. The molecule has 7 heteroatoms. The van der Waals surface area contributed by atoms with Gasteiger partial charge in [-0.2, -0.15) is 5.10 Å². The zero-order valence-corrected chi connectivity index (χ0v) is 20.9. The van der Waals surface area contributed by atoms with E-state index in [4.69, 9.17) is 0 Å². The summed E-state index contributed by atoms with van der Waals surface area (Å²) in [4.78, 5) is 25.2. The Morgan fingerprint density at radius 1 is 1.28 bits per heavy atom. The summed E-state index contributed by atoms with van der Waals surface area (Å²) in [6.07, 6.45) is 4.34. The Labute approximate surface area is 198 Å². The van der Waals surface area contributed by atoms with Gasteiger partial charge in [0.2, 0.25) is 5.91 Å². The molecule has 1 amide bonds. The van der Waals surface area contributed by atoms with Gasteiger partial charge in [-0.15, -0.1) is 0 Å². The van der Waals surface area contributed by atoms with E-state index >= 15 is 0 Å². The number of anilines is 1. The molecule has 0 aliphatic heterocycles. The van der Waals surface area contributed by atoms with Crippen LogP contribution in [0, 0.1) is 23.2 Å². The first-order valence-corrected chi connectivity index (χ1v) is 12.3. The molecule has 32 heavy (non-hydrogen) atoms. The van der Waals surface area contributed by atoms with Crippen molar-refractivity contribution in [1.82, 2.24) is 15.1 Å². The fourth-order valence-corrected chi connectivity index (χ4v) is 6.03. The second-order valence-electron chi connectivity index (χ2n) is 10.1. The average Bonchev–Trinajstić information content (AvgIpc) is 2.77. The van der Waals surface area contributed by atoms with E-state index in [1.807, 2.05) is 37.3 Å². The summed E-state index contributed by atoms with van der Waals surface area (Å²) in [6, 6.07) is 10.1. The summed E-state index contributed by atoms with van der Waals surface area (Å²) in [5.74, 6) is 1.92. The summed E-state index contributed by atoms with van der Waals surface area (Å²) in [7, 11) is 0. The van der Waals surface area contributed by atoms with E-state index in [2.05, 4.69) is 52.4 Å². The number of nitrogens with zero attached hydrogens (tertiary/aromatic N) is 2. The first-order chi connectivity index (χ1) is 15.2. The number of nitrogens with one attached hydrogen (secondary N) is 2. The van der Waals surface area contributed by atoms with Crippen molar-refractivity contribution in [2.45, 2.75) is 65.6 Å². The third-order valence-corrected chi connectivity index (χ3v) is 8.67. The van der Waals surface area contributed by atoms with Gasteiger partial charge in [-0.3, -0.25) is 9.59 Å². The highest BCUT2D eigenvalue weighted by atomic mass is 79.9. The van der Waals surface area contributed by atoms with Crippen molar-refractivity contribution >= 4 is 27.5 Å². The molecule has 1 aromatic heterocycles. The molecule has 2 bridgehead atoms. The van der Waals surface area contributed by atoms with Crippen LogP contribution in [0.25, 0.3) is 0 Å². The summed E-state index contributed by atoms with van der Waals surface area (Å²) >= 11 is 3.47. The maximum Gasteiger partial charge on any atom is 0.283 e. The lowest BCUT2D eigenvalue weighted by Crippen LogP contribution is -2.58. The van der Waals surface area contributed by atoms with E-state index in [1.54, 1.807) is 6.20 Å². The largest absolute Gasteiger partial charge is 0.380 e. The number of fused-ring (bicyclic) bond motifs is 2. The van der Waals surface area contributed by atoms with Crippen LogP contribution in [0.5, 0.6) is 0 Å². The highest BCUT2D eigenvalue weighted by molar-refractivity contribution is 9.10. The molecule has 3 aliphatic carbocycles. The molecule has 2 N–H and O–H groups in total. The number of carbonyl (C=O) groups excluding carboxylic acids is 1. The number of hydrogen-bond donors (Lipinski definition) is 2. The van der Waals surface area contributed by atoms with E-state index in [9.17, 15) is 9.59 Å². The van der Waals surface area contributed by atoms with Crippen molar-refractivity contribution in [3.8, 4) is 0 Å². The monoisotopic (exact) mass is 500 g/mol. The highest BCUT2D eigenvalue weighted by Crippen LogP contribution is 2.61. The van der Waals surface area contributed by atoms with Crippen molar-refractivity contribution in [2.75, 3.05) is 5.32 Å². The molecule has 1 heterocycles. The lowest BCUT2D eigenvalue weighted by molar-refractivity contribution is -0.122. The Kier molecular flexibility index (Phi) is 6.48. The fraction of sp³-hybridized carbons (Fsp3) is 0.560. The SMILES string of the molecule is CC(NC(=O)CCn1ncc(N[C@@H]2C[C@H]3C[C@@H]([C@H]2C)C3(C)C)c(Br)c1=O)c1ccccc1. The van der Waals surface area contributed by atoms with Crippen LogP contribution in [-0.4, -0.2) is 21.7 Å². The number of aromatic nitrogens is 2. The second kappa shape index (κ2) is 9.00. The molecule has 2 aromatic rings. The molecular formula is C25H33BrN4O2. The zero-order valence-electron chi connectivity index (χ0n) is 19.3. The molecule has 5 atom stereocenters. The third kappa shape index (κ3) is 4.36. The molecule has 0 saturated heterocycles. The summed E-state index contributed by atoms with van der Waals surface area (Å²) in [5, 5.41) is 10.9. The first-order valence-electron chi connectivity index (χ1n) is 11.5. The van der Waals surface area contributed by atoms with Crippen LogP contribution in [0.2, 0.25) is 0 Å². The van der Waals surface area contributed by atoms with Gasteiger partial charge in [-0.1, -0.05) is 51.1 Å². The standard InChI is InChI=1S/C25H33BrN4O2/c1-15-19-12-18(25(19,3)4)13-20(15)29-21-14-27-30(24(32)23(21)26)11-10-22(31)28-16(2)17-8-6-5-7-9-17/h5-9,14-16,18-20,29H,10-13H2,1-4H3,(H,28,31)/t15-,16?,18-,19+,20-/m1/s1. The normalized spacial score (nSPS) is 26.7. The van der Waals surface area contributed by atoms with Crippen LogP contribution in [0.3, 0.4) is 0 Å². The van der Waals surface area contributed by atoms with Crippen LogP contribution >= 0.6 is 15.9 Å². The average molecular weight is 501 g/mol. The molecule has 1 unspecified atom stereocenters. The van der Waals surface area contributed by atoms with Gasteiger partial charge in [0.15, 0.2) is 0 Å². The molecule has 6 nitrogen and oxygen atoms in total. The molecule has 0 spiro atoms. The number of carbonyl (C=O) groups is 1. The molecule has 0 radical (unpaired) electrons. The maximum absolute atomic E-state index is 12.8. The van der Waals surface area contributed by atoms with Crippen LogP contribution in [0.1, 0.15) is 58.6 Å². The molecule has 172 valence electrons. The Balaban J connectivity index is 1.35. The number of benzene rings is 1. The van der Waals surface area contributed by atoms with Crippen molar-refractivity contribution in [2.24, 2.45) is 23.2 Å². The lowest BCUT2D eigenvalue weighted by Gasteiger charge is -2.62. The summed E-state index contributed by atoms with van der Waals surface area (Å²) < 4.78 is 1.84. The molecule has 3 aliphatic rings. The van der Waals surface area contributed by atoms with Crippen LogP contribution < -0.4 is 16.2 Å². The van der Waals surface area contributed by atoms with Gasteiger partial charge >= 0.3 is 0 Å². The van der Waals surface area contributed by atoms with Crippen molar-refractivity contribution < 1.29 is 4.79 Å². The topological polar surface area (TPSA) is 76.0 Å². The quantitative estimate of drug-likeness (QED) is 0.574. The number of amides is 1. The minimum absolute atomic E-state index is 0.0830. The number of rotatable bonds is 7. The van der Waals surface area contributed by atoms with Crippen LogP contribution in [0.15, 0.2) is 45.8 Å². The molecule has 3 saturated carbocycles. The second-order valence-corrected chi connectivity index (χ2v) is 10.8. The number of hydrogen-bond acceptors (Lipinski definition) is 4. The Bertz CT molecular complexity index is 1040. The smallest absolute Gasteiger partial charge is 0.283 e. The fourth-order valence-electron chi connectivity index (χ4n) is 5.61. The van der Waals surface area contributed by atoms with Gasteiger partial charge in [0.05, 0.1) is 24.5 Å². The Hall–Kier alpha value is -2.15. The lowest BCUT2D eigenvalue weighted by atomic mass is 9.45. The molecule has 1 aromatic carbocycles.